The fraction of sp³-hybridized carbons (Fsp3) is 0.545. The zero-order chi connectivity index (χ0) is 12.7. The van der Waals surface area contributed by atoms with Crippen molar-refractivity contribution in [2.75, 3.05) is 18.6 Å². The Balaban J connectivity index is 2.20. The normalized spacial score (nSPS) is 14.2. The van der Waals surface area contributed by atoms with Gasteiger partial charge in [0.1, 0.15) is 5.76 Å². The van der Waals surface area contributed by atoms with Crippen LogP contribution in [-0.2, 0) is 22.1 Å². The molecule has 0 fully saturated rings. The molecule has 17 heavy (non-hydrogen) atoms. The summed E-state index contributed by atoms with van der Waals surface area (Å²) in [5, 5.41) is 5.76. The second kappa shape index (κ2) is 7.24. The van der Waals surface area contributed by atoms with Gasteiger partial charge >= 0.3 is 0 Å². The molecule has 1 amide bonds. The summed E-state index contributed by atoms with van der Waals surface area (Å²) in [6.45, 7) is 2.73. The Bertz CT molecular complexity index is 365. The van der Waals surface area contributed by atoms with Gasteiger partial charge in [0.05, 0.1) is 18.8 Å². The van der Waals surface area contributed by atoms with E-state index in [0.29, 0.717) is 18.8 Å². The first-order valence-electron chi connectivity index (χ1n) is 5.43. The number of hydrogen-bond donors (Lipinski definition) is 2. The lowest BCUT2D eigenvalue weighted by Gasteiger charge is -2.12. The summed E-state index contributed by atoms with van der Waals surface area (Å²) >= 11 is 0. The molecule has 0 saturated carbocycles. The van der Waals surface area contributed by atoms with E-state index in [1.807, 2.05) is 0 Å². The highest BCUT2D eigenvalue weighted by Crippen LogP contribution is 1.98. The van der Waals surface area contributed by atoms with Crippen molar-refractivity contribution in [3.63, 3.8) is 0 Å². The minimum Gasteiger partial charge on any atom is -0.467 e. The molecule has 0 saturated heterocycles. The van der Waals surface area contributed by atoms with E-state index in [2.05, 4.69) is 10.6 Å². The van der Waals surface area contributed by atoms with Crippen molar-refractivity contribution in [2.45, 2.75) is 19.5 Å². The molecular weight excluding hydrogens is 240 g/mol. The molecule has 1 aromatic heterocycles. The topological polar surface area (TPSA) is 71.3 Å². The van der Waals surface area contributed by atoms with Gasteiger partial charge in [-0.1, -0.05) is 0 Å². The second-order valence-electron chi connectivity index (χ2n) is 3.75. The minimum absolute atomic E-state index is 0.0942. The quantitative estimate of drug-likeness (QED) is 0.735. The average molecular weight is 258 g/mol. The maximum atomic E-state index is 11.6. The summed E-state index contributed by atoms with van der Waals surface area (Å²) in [4.78, 5) is 11.6. The number of nitrogens with one attached hydrogen (secondary N) is 2. The smallest absolute Gasteiger partial charge is 0.237 e. The molecule has 0 radical (unpaired) electrons. The van der Waals surface area contributed by atoms with Crippen molar-refractivity contribution in [3.05, 3.63) is 24.2 Å². The standard InChI is InChI=1S/C11H18N2O3S/c1-9(12-5-7-17(2)15)11(14)13-8-10-4-3-6-16-10/h3-4,6,9,12H,5,7-8H2,1-2H3,(H,13,14). The predicted octanol–water partition coefficient (Wildman–Crippen LogP) is 0.252. The lowest BCUT2D eigenvalue weighted by atomic mass is 10.3. The van der Waals surface area contributed by atoms with Gasteiger partial charge in [0.2, 0.25) is 5.91 Å². The molecule has 0 aliphatic rings. The third-order valence-electron chi connectivity index (χ3n) is 2.25. The van der Waals surface area contributed by atoms with E-state index in [1.54, 1.807) is 31.6 Å². The summed E-state index contributed by atoms with van der Waals surface area (Å²) in [6.07, 6.45) is 3.21. The molecule has 0 aromatic carbocycles. The number of carbonyl (C=O) groups is 1. The van der Waals surface area contributed by atoms with Crippen LogP contribution in [-0.4, -0.2) is 34.7 Å². The molecule has 0 bridgehead atoms. The van der Waals surface area contributed by atoms with Gasteiger partial charge in [0.15, 0.2) is 0 Å². The molecule has 2 unspecified atom stereocenters. The third kappa shape index (κ3) is 5.65. The number of furan rings is 1. The summed E-state index contributed by atoms with van der Waals surface area (Å²) in [5.74, 6) is 1.18. The Morgan fingerprint density at radius 3 is 2.94 bits per heavy atom. The Labute approximate surface area is 103 Å². The molecule has 5 nitrogen and oxygen atoms in total. The van der Waals surface area contributed by atoms with Crippen molar-refractivity contribution < 1.29 is 13.4 Å². The monoisotopic (exact) mass is 258 g/mol. The highest BCUT2D eigenvalue weighted by molar-refractivity contribution is 7.84. The number of rotatable bonds is 7. The van der Waals surface area contributed by atoms with Crippen LogP contribution >= 0.6 is 0 Å². The molecular formula is C11H18N2O3S. The van der Waals surface area contributed by atoms with Gasteiger partial charge < -0.3 is 15.1 Å². The van der Waals surface area contributed by atoms with Crippen LogP contribution in [0.3, 0.4) is 0 Å². The lowest BCUT2D eigenvalue weighted by molar-refractivity contribution is -0.122. The van der Waals surface area contributed by atoms with Gasteiger partial charge in [-0.2, -0.15) is 0 Å². The zero-order valence-corrected chi connectivity index (χ0v) is 10.9. The highest BCUT2D eigenvalue weighted by Gasteiger charge is 2.11. The Morgan fingerprint density at radius 1 is 1.59 bits per heavy atom. The highest BCUT2D eigenvalue weighted by atomic mass is 32.2. The fourth-order valence-corrected chi connectivity index (χ4v) is 1.66. The van der Waals surface area contributed by atoms with E-state index in [9.17, 15) is 9.00 Å². The molecule has 2 N–H and O–H groups in total. The summed E-state index contributed by atoms with van der Waals surface area (Å²) in [5.41, 5.74) is 0. The second-order valence-corrected chi connectivity index (χ2v) is 5.30. The van der Waals surface area contributed by atoms with Gasteiger partial charge in [-0.3, -0.25) is 9.00 Å². The van der Waals surface area contributed by atoms with E-state index in [-0.39, 0.29) is 11.9 Å². The molecule has 1 heterocycles. The van der Waals surface area contributed by atoms with E-state index < -0.39 is 10.8 Å². The SMILES string of the molecule is CC(NCCS(C)=O)C(=O)NCc1ccco1. The first-order chi connectivity index (χ1) is 8.09. The largest absolute Gasteiger partial charge is 0.467 e. The van der Waals surface area contributed by atoms with E-state index in [1.165, 1.54) is 0 Å². The molecule has 0 spiro atoms. The molecule has 96 valence electrons. The average Bonchev–Trinajstić information content (AvgIpc) is 2.78. The van der Waals surface area contributed by atoms with Crippen LogP contribution < -0.4 is 10.6 Å². The van der Waals surface area contributed by atoms with Crippen molar-refractivity contribution >= 4 is 16.7 Å². The molecule has 2 atom stereocenters. The van der Waals surface area contributed by atoms with E-state index >= 15 is 0 Å². The number of carbonyl (C=O) groups excluding carboxylic acids is 1. The summed E-state index contributed by atoms with van der Waals surface area (Å²) in [6, 6.07) is 3.28. The van der Waals surface area contributed by atoms with Crippen molar-refractivity contribution in [2.24, 2.45) is 0 Å². The van der Waals surface area contributed by atoms with Crippen molar-refractivity contribution in [3.8, 4) is 0 Å². The van der Waals surface area contributed by atoms with Crippen LogP contribution in [0.1, 0.15) is 12.7 Å². The fourth-order valence-electron chi connectivity index (χ4n) is 1.25. The van der Waals surface area contributed by atoms with Gasteiger partial charge in [0, 0.05) is 29.4 Å². The lowest BCUT2D eigenvalue weighted by Crippen LogP contribution is -2.43. The van der Waals surface area contributed by atoms with Crippen LogP contribution in [0.5, 0.6) is 0 Å². The first-order valence-corrected chi connectivity index (χ1v) is 7.16. The molecule has 0 aliphatic heterocycles. The van der Waals surface area contributed by atoms with Crippen LogP contribution in [0.25, 0.3) is 0 Å². The Morgan fingerprint density at radius 2 is 2.35 bits per heavy atom. The maximum absolute atomic E-state index is 11.6. The summed E-state index contributed by atoms with van der Waals surface area (Å²) in [7, 11) is -0.832. The minimum atomic E-state index is -0.832. The van der Waals surface area contributed by atoms with Crippen LogP contribution in [0, 0.1) is 0 Å². The van der Waals surface area contributed by atoms with Gasteiger partial charge in [-0.25, -0.2) is 0 Å². The van der Waals surface area contributed by atoms with Crippen molar-refractivity contribution in [1.82, 2.24) is 10.6 Å². The van der Waals surface area contributed by atoms with E-state index in [4.69, 9.17) is 4.42 Å². The molecule has 6 heteroatoms. The first kappa shape index (κ1) is 13.9. The molecule has 1 aromatic rings. The Kier molecular flexibility index (Phi) is 5.93. The number of amides is 1. The zero-order valence-electron chi connectivity index (χ0n) is 10.1. The van der Waals surface area contributed by atoms with Crippen LogP contribution in [0.4, 0.5) is 0 Å². The van der Waals surface area contributed by atoms with Crippen LogP contribution in [0.15, 0.2) is 22.8 Å². The maximum Gasteiger partial charge on any atom is 0.237 e. The van der Waals surface area contributed by atoms with Gasteiger partial charge in [-0.15, -0.1) is 0 Å². The van der Waals surface area contributed by atoms with E-state index in [0.717, 1.165) is 5.76 Å². The van der Waals surface area contributed by atoms with Crippen LogP contribution in [0.2, 0.25) is 0 Å². The molecule has 0 aliphatic carbocycles. The van der Waals surface area contributed by atoms with Gasteiger partial charge in [0.25, 0.3) is 0 Å². The predicted molar refractivity (Wildman–Crippen MR) is 67.0 cm³/mol. The number of hydrogen-bond acceptors (Lipinski definition) is 4. The third-order valence-corrected chi connectivity index (χ3v) is 3.03. The molecule has 1 rings (SSSR count). The van der Waals surface area contributed by atoms with Crippen molar-refractivity contribution in [1.29, 1.82) is 0 Å². The summed E-state index contributed by atoms with van der Waals surface area (Å²) < 4.78 is 15.9. The Hall–Kier alpha value is -1.14. The van der Waals surface area contributed by atoms with Gasteiger partial charge in [-0.05, 0) is 19.1 Å².